The fourth-order valence-electron chi connectivity index (χ4n) is 7.80. The fourth-order valence-corrected chi connectivity index (χ4v) is 7.80. The Morgan fingerprint density at radius 1 is 0.375 bits per heavy atom. The Labute approximate surface area is 445 Å². The summed E-state index contributed by atoms with van der Waals surface area (Å²) >= 11 is 0. The second-order valence-electron chi connectivity index (χ2n) is 16.7. The van der Waals surface area contributed by atoms with Crippen LogP contribution in [0.3, 0.4) is 0 Å². The van der Waals surface area contributed by atoms with Crippen LogP contribution in [0.4, 0.5) is 0 Å². The van der Waals surface area contributed by atoms with Crippen LogP contribution in [0.25, 0.3) is 0 Å². The minimum absolute atomic E-state index is 0. The van der Waals surface area contributed by atoms with Crippen LogP contribution >= 0.6 is 0 Å². The molecule has 2 aromatic rings. The van der Waals surface area contributed by atoms with Gasteiger partial charge in [0.15, 0.2) is 0 Å². The molecule has 412 valence electrons. The van der Waals surface area contributed by atoms with Crippen LogP contribution in [0.1, 0.15) is 25.0 Å². The van der Waals surface area contributed by atoms with Crippen molar-refractivity contribution in [2.24, 2.45) is 34.4 Å². The van der Waals surface area contributed by atoms with Crippen molar-refractivity contribution in [3.05, 3.63) is 69.6 Å². The summed E-state index contributed by atoms with van der Waals surface area (Å²) in [7, 11) is 3.28. The first-order valence-electron chi connectivity index (χ1n) is 23.4. The van der Waals surface area contributed by atoms with Crippen LogP contribution in [-0.2, 0) is 75.4 Å². The van der Waals surface area contributed by atoms with Crippen LogP contribution in [-0.4, -0.2) is 233 Å². The van der Waals surface area contributed by atoms with Gasteiger partial charge in [0, 0.05) is 161 Å². The Morgan fingerprint density at radius 3 is 0.722 bits per heavy atom. The van der Waals surface area contributed by atoms with Crippen molar-refractivity contribution in [2.45, 2.75) is 26.9 Å². The van der Waals surface area contributed by atoms with E-state index in [2.05, 4.69) is 9.80 Å². The molecule has 2 fully saturated rings. The maximum absolute atomic E-state index is 11.6. The molecule has 0 aromatic heterocycles. The van der Waals surface area contributed by atoms with Crippen molar-refractivity contribution >= 4 is 35.4 Å². The van der Waals surface area contributed by atoms with Gasteiger partial charge < -0.3 is 43.9 Å². The summed E-state index contributed by atoms with van der Waals surface area (Å²) in [6.45, 7) is 16.0. The van der Waals surface area contributed by atoms with Gasteiger partial charge in [-0.05, 0) is 35.4 Å². The molecular weight excluding hydrogens is 1030 g/mol. The first-order chi connectivity index (χ1) is 33.5. The van der Waals surface area contributed by atoms with Gasteiger partial charge in [0.1, 0.15) is 11.5 Å². The van der Waals surface area contributed by atoms with E-state index in [-0.39, 0.29) is 72.8 Å². The zero-order valence-corrected chi connectivity index (χ0v) is 44.5. The van der Waals surface area contributed by atoms with Crippen molar-refractivity contribution in [1.29, 1.82) is 0 Å². The van der Waals surface area contributed by atoms with E-state index in [0.29, 0.717) is 118 Å². The Hall–Kier alpha value is -4.85. The van der Waals surface area contributed by atoms with E-state index in [9.17, 15) is 28.8 Å². The normalized spacial score (nSPS) is 16.8. The molecule has 0 atom stereocenters. The number of amides is 6. The monoisotopic (exact) mass is 1110 g/mol. The third-order valence-electron chi connectivity index (χ3n) is 11.2. The van der Waals surface area contributed by atoms with Crippen LogP contribution < -0.4 is 43.9 Å². The number of benzene rings is 2. The molecule has 2 aromatic carbocycles. The van der Waals surface area contributed by atoms with Gasteiger partial charge in [-0.15, -0.1) is 0 Å². The van der Waals surface area contributed by atoms with Crippen LogP contribution in [0.5, 0.6) is 11.5 Å². The third-order valence-corrected chi connectivity index (χ3v) is 11.2. The number of ether oxygens (including phenoxy) is 2. The van der Waals surface area contributed by atoms with Gasteiger partial charge >= 0.3 is 0 Å². The summed E-state index contributed by atoms with van der Waals surface area (Å²) in [5.41, 5.74) is 34.9. The summed E-state index contributed by atoms with van der Waals surface area (Å²) in [6.07, 6.45) is 0. The predicted molar refractivity (Wildman–Crippen MR) is 268 cm³/mol. The topological polar surface area (TPSA) is 337 Å². The van der Waals surface area contributed by atoms with Crippen molar-refractivity contribution in [2.75, 3.05) is 158 Å². The van der Waals surface area contributed by atoms with E-state index in [4.69, 9.17) is 53.8 Å². The second-order valence-corrected chi connectivity index (χ2v) is 16.7. The van der Waals surface area contributed by atoms with Crippen molar-refractivity contribution in [1.82, 2.24) is 39.2 Å². The summed E-state index contributed by atoms with van der Waals surface area (Å²) in [4.78, 5) is 99.9. The average Bonchev–Trinajstić information content (AvgIpc) is 3.31. The summed E-state index contributed by atoms with van der Waals surface area (Å²) in [5, 5.41) is 0. The smallest absolute Gasteiger partial charge is 0.231 e. The number of carbonyl (C=O) groups excluding carboxylic acids is 6. The van der Waals surface area contributed by atoms with E-state index < -0.39 is 35.4 Å². The first-order valence-corrected chi connectivity index (χ1v) is 23.4. The number of hydrogen-bond acceptors (Lipinski definition) is 18. The molecule has 72 heavy (non-hydrogen) atoms. The Balaban J connectivity index is 0. The second kappa shape index (κ2) is 40.6. The molecule has 2 aliphatic rings. The minimum Gasteiger partial charge on any atom is -0.497 e. The number of nitrogens with zero attached hydrogens (tertiary/aromatic N) is 8. The quantitative estimate of drug-likeness (QED) is 0.0858. The van der Waals surface area contributed by atoms with Gasteiger partial charge in [0.25, 0.3) is 0 Å². The minimum atomic E-state index is -0.422. The summed E-state index contributed by atoms with van der Waals surface area (Å²) < 4.78 is 10.7. The maximum Gasteiger partial charge on any atom is 0.231 e. The van der Waals surface area contributed by atoms with E-state index in [1.165, 1.54) is 0 Å². The molecule has 0 spiro atoms. The number of methoxy groups -OCH3 is 2. The molecule has 0 bridgehead atoms. The van der Waals surface area contributed by atoms with Crippen LogP contribution in [0.2, 0.25) is 0 Å². The zero-order valence-electron chi connectivity index (χ0n) is 42.4. The standard InChI is InChI=1S/2C22H37N7O4.C2H6.2Co.O2/c2*1-33-19-4-2-3-18(13-19)14-26-5-7-27(15-20(23)30)9-11-29(17-22(25)32)12-10-28(8-6-26)16-21(24)31;1-2;;;1-2/h2*2-4,13H,5-12,14-17H2,1H3,(H2,23,30)(H2,24,31)(H2,25,32);1-2H3;;;. The van der Waals surface area contributed by atoms with Crippen LogP contribution in [0, 0.1) is 9.93 Å². The molecule has 2 saturated heterocycles. The Bertz CT molecular complexity index is 1690. The summed E-state index contributed by atoms with van der Waals surface area (Å²) in [6, 6.07) is 15.8. The molecule has 12 N–H and O–H groups in total. The Morgan fingerprint density at radius 2 is 0.556 bits per heavy atom. The molecule has 0 unspecified atom stereocenters. The summed E-state index contributed by atoms with van der Waals surface area (Å²) in [5.74, 6) is -0.828. The van der Waals surface area contributed by atoms with Gasteiger partial charge in [-0.1, -0.05) is 38.1 Å². The van der Waals surface area contributed by atoms with E-state index in [0.717, 1.165) is 22.6 Å². The number of hydrogen-bond donors (Lipinski definition) is 6. The van der Waals surface area contributed by atoms with Crippen molar-refractivity contribution in [3.63, 3.8) is 0 Å². The zero-order chi connectivity index (χ0) is 52.4. The van der Waals surface area contributed by atoms with Gasteiger partial charge in [0.05, 0.1) is 53.5 Å². The average molecular weight is 1110 g/mol. The molecule has 2 heterocycles. The van der Waals surface area contributed by atoms with E-state index >= 15 is 0 Å². The molecule has 26 heteroatoms. The molecule has 2 radical (unpaired) electrons. The number of primary amides is 6. The molecule has 4 rings (SSSR count). The van der Waals surface area contributed by atoms with Gasteiger partial charge in [-0.3, -0.25) is 68.0 Å². The number of carbonyl (C=O) groups is 6. The van der Waals surface area contributed by atoms with Crippen molar-refractivity contribution < 1.29 is 71.8 Å². The number of rotatable bonds is 18. The predicted octanol–water partition coefficient (Wildman–Crippen LogP) is -3.17. The van der Waals surface area contributed by atoms with Gasteiger partial charge in [-0.25, -0.2) is 0 Å². The fraction of sp³-hybridized carbons (Fsp3) is 0.609. The largest absolute Gasteiger partial charge is 0.497 e. The maximum atomic E-state index is 11.6. The first kappa shape index (κ1) is 69.2. The van der Waals surface area contributed by atoms with Gasteiger partial charge in [0.2, 0.25) is 35.4 Å². The third kappa shape index (κ3) is 32.3. The molecule has 6 amide bonds. The molecule has 2 aliphatic heterocycles. The molecule has 24 nitrogen and oxygen atoms in total. The SMILES string of the molecule is CC.COc1cccc(CN2CCN(CC(N)=O)CCN(CC(N)=O)CCN(CC(N)=O)CC2)c1.COc1cccc(CN2CCN(CC(N)=O)CCN(CC(N)=O)CCN(CC(N)=O)CC2)c1.O=O.[Co].[Co]. The van der Waals surface area contributed by atoms with E-state index in [1.54, 1.807) is 14.2 Å². The molecular formula is C46H80Co2N14O10. The molecule has 0 aliphatic carbocycles. The van der Waals surface area contributed by atoms with Gasteiger partial charge in [-0.2, -0.15) is 0 Å². The van der Waals surface area contributed by atoms with Crippen molar-refractivity contribution in [3.8, 4) is 11.5 Å². The number of nitrogens with two attached hydrogens (primary N) is 6. The molecule has 0 saturated carbocycles. The van der Waals surface area contributed by atoms with E-state index in [1.807, 2.05) is 91.8 Å². The van der Waals surface area contributed by atoms with Crippen LogP contribution in [0.15, 0.2) is 48.5 Å². The Kier molecular flexibility index (Phi) is 39.1.